The number of thioether (sulfide) groups is 1. The van der Waals surface area contributed by atoms with Crippen molar-refractivity contribution in [3.8, 4) is 0 Å². The van der Waals surface area contributed by atoms with E-state index in [9.17, 15) is 14.0 Å². The number of nitrogens with two attached hydrogens (primary N) is 1. The Hall–Kier alpha value is -2.20. The number of hydrogen-bond acceptors (Lipinski definition) is 7. The molecule has 0 aliphatic rings. The fraction of sp³-hybridized carbons (Fsp3) is 0.286. The van der Waals surface area contributed by atoms with Gasteiger partial charge in [0.1, 0.15) is 11.9 Å². The average Bonchev–Trinajstić information content (AvgIpc) is 2.93. The number of hydrogen-bond donors (Lipinski definition) is 3. The summed E-state index contributed by atoms with van der Waals surface area (Å²) in [5.74, 6) is -1.30. The minimum absolute atomic E-state index is 0.0745. The van der Waals surface area contributed by atoms with Crippen LogP contribution in [-0.2, 0) is 9.59 Å². The van der Waals surface area contributed by atoms with Crippen molar-refractivity contribution in [3.63, 3.8) is 0 Å². The first-order valence-corrected chi connectivity index (χ1v) is 8.73. The van der Waals surface area contributed by atoms with Gasteiger partial charge in [0.05, 0.1) is 11.4 Å². The van der Waals surface area contributed by atoms with Gasteiger partial charge in [0.15, 0.2) is 4.34 Å². The summed E-state index contributed by atoms with van der Waals surface area (Å²) in [6.45, 7) is 3.27. The summed E-state index contributed by atoms with van der Waals surface area (Å²) in [7, 11) is 0. The van der Waals surface area contributed by atoms with Gasteiger partial charge in [-0.1, -0.05) is 29.2 Å². The van der Waals surface area contributed by atoms with Gasteiger partial charge in [-0.2, -0.15) is 0 Å². The van der Waals surface area contributed by atoms with E-state index in [0.29, 0.717) is 9.47 Å². The Kier molecular flexibility index (Phi) is 6.10. The topological polar surface area (TPSA) is 110 Å². The fourth-order valence-corrected chi connectivity index (χ4v) is 3.16. The highest BCUT2D eigenvalue weighted by Crippen LogP contribution is 2.23. The number of rotatable bonds is 6. The average molecular weight is 369 g/mol. The number of halogens is 1. The maximum atomic E-state index is 13.7. The number of benzene rings is 1. The van der Waals surface area contributed by atoms with Gasteiger partial charge in [-0.3, -0.25) is 9.59 Å². The molecule has 0 radical (unpaired) electrons. The molecule has 1 atom stereocenters. The Morgan fingerprint density at radius 1 is 1.42 bits per heavy atom. The molecular formula is C14H16FN5O2S2. The monoisotopic (exact) mass is 369 g/mol. The second-order valence-electron chi connectivity index (χ2n) is 4.96. The Morgan fingerprint density at radius 2 is 2.17 bits per heavy atom. The van der Waals surface area contributed by atoms with Crippen LogP contribution in [-0.4, -0.2) is 33.8 Å². The molecule has 0 aliphatic carbocycles. The molecule has 1 aromatic heterocycles. The molecule has 0 saturated heterocycles. The van der Waals surface area contributed by atoms with Crippen LogP contribution in [0.25, 0.3) is 0 Å². The number of carbonyl (C=O) groups excluding carboxylic acids is 2. The van der Waals surface area contributed by atoms with Gasteiger partial charge in [-0.15, -0.1) is 10.2 Å². The highest BCUT2D eigenvalue weighted by Gasteiger charge is 2.17. The van der Waals surface area contributed by atoms with Crippen molar-refractivity contribution in [2.75, 3.05) is 16.8 Å². The summed E-state index contributed by atoms with van der Waals surface area (Å²) in [6.07, 6.45) is 0. The lowest BCUT2D eigenvalue weighted by atomic mass is 10.2. The third-order valence-corrected chi connectivity index (χ3v) is 4.79. The van der Waals surface area contributed by atoms with Crippen molar-refractivity contribution in [2.45, 2.75) is 24.2 Å². The van der Waals surface area contributed by atoms with Crippen LogP contribution in [0.3, 0.4) is 0 Å². The maximum absolute atomic E-state index is 13.7. The number of amides is 2. The van der Waals surface area contributed by atoms with E-state index < -0.39 is 17.8 Å². The van der Waals surface area contributed by atoms with Gasteiger partial charge in [0, 0.05) is 0 Å². The molecule has 0 aliphatic heterocycles. The smallest absolute Gasteiger partial charge is 0.246 e. The Balaban J connectivity index is 1.83. The third-order valence-electron chi connectivity index (χ3n) is 2.90. The zero-order valence-electron chi connectivity index (χ0n) is 13.0. The minimum atomic E-state index is -0.807. The van der Waals surface area contributed by atoms with Gasteiger partial charge in [-0.25, -0.2) is 4.39 Å². The zero-order chi connectivity index (χ0) is 17.7. The first-order chi connectivity index (χ1) is 11.3. The van der Waals surface area contributed by atoms with E-state index in [1.54, 1.807) is 13.0 Å². The van der Waals surface area contributed by atoms with Crippen molar-refractivity contribution in [2.24, 2.45) is 0 Å². The summed E-state index contributed by atoms with van der Waals surface area (Å²) >= 11 is 2.35. The third kappa shape index (κ3) is 5.17. The number of nitrogens with one attached hydrogen (secondary N) is 2. The van der Waals surface area contributed by atoms with E-state index in [1.165, 1.54) is 42.2 Å². The second-order valence-corrected chi connectivity index (χ2v) is 7.19. The lowest BCUT2D eigenvalue weighted by molar-refractivity contribution is -0.124. The molecule has 4 N–H and O–H groups in total. The first-order valence-electron chi connectivity index (χ1n) is 6.93. The lowest BCUT2D eigenvalue weighted by Gasteiger charge is -2.14. The number of aromatic nitrogens is 2. The van der Waals surface area contributed by atoms with E-state index in [2.05, 4.69) is 20.8 Å². The molecule has 128 valence electrons. The van der Waals surface area contributed by atoms with Crippen molar-refractivity contribution in [1.82, 2.24) is 15.5 Å². The molecule has 24 heavy (non-hydrogen) atoms. The number of carbonyl (C=O) groups is 2. The first kappa shape index (κ1) is 18.1. The SMILES string of the molecule is Cc1ccc(NC(=O)[C@@H](C)NC(=O)CSc2nnc(N)s2)c(F)c1. The van der Waals surface area contributed by atoms with Crippen LogP contribution >= 0.6 is 23.1 Å². The molecular weight excluding hydrogens is 353 g/mol. The van der Waals surface area contributed by atoms with Crippen LogP contribution in [0.4, 0.5) is 15.2 Å². The molecule has 2 amide bonds. The predicted molar refractivity (Wildman–Crippen MR) is 92.4 cm³/mol. The number of aryl methyl sites for hydroxylation is 1. The van der Waals surface area contributed by atoms with Crippen LogP contribution in [0.1, 0.15) is 12.5 Å². The van der Waals surface area contributed by atoms with Crippen molar-refractivity contribution in [3.05, 3.63) is 29.6 Å². The highest BCUT2D eigenvalue weighted by atomic mass is 32.2. The molecule has 7 nitrogen and oxygen atoms in total. The standard InChI is InChI=1S/C14H16FN5O2S2/c1-7-3-4-10(9(15)5-7)18-12(22)8(2)17-11(21)6-23-14-20-19-13(16)24-14/h3-5,8H,6H2,1-2H3,(H2,16,19)(H,17,21)(H,18,22)/t8-/m1/s1. The number of nitrogen functional groups attached to an aromatic ring is 1. The van der Waals surface area contributed by atoms with E-state index in [1.807, 2.05) is 0 Å². The molecule has 0 spiro atoms. The van der Waals surface area contributed by atoms with E-state index in [-0.39, 0.29) is 17.3 Å². The second kappa shape index (κ2) is 8.06. The van der Waals surface area contributed by atoms with Crippen molar-refractivity contribution < 1.29 is 14.0 Å². The van der Waals surface area contributed by atoms with Crippen LogP contribution in [0.15, 0.2) is 22.5 Å². The molecule has 2 aromatic rings. The molecule has 0 unspecified atom stereocenters. The van der Waals surface area contributed by atoms with Gasteiger partial charge in [-0.05, 0) is 31.5 Å². The molecule has 0 fully saturated rings. The molecule has 10 heteroatoms. The Morgan fingerprint density at radius 3 is 2.79 bits per heavy atom. The summed E-state index contributed by atoms with van der Waals surface area (Å²) in [5.41, 5.74) is 6.27. The molecule has 1 aromatic carbocycles. The lowest BCUT2D eigenvalue weighted by Crippen LogP contribution is -2.42. The van der Waals surface area contributed by atoms with Gasteiger partial charge < -0.3 is 16.4 Å². The Labute approximate surface area is 146 Å². The van der Waals surface area contributed by atoms with Gasteiger partial charge >= 0.3 is 0 Å². The van der Waals surface area contributed by atoms with Crippen LogP contribution in [0.2, 0.25) is 0 Å². The van der Waals surface area contributed by atoms with Crippen LogP contribution < -0.4 is 16.4 Å². The van der Waals surface area contributed by atoms with Gasteiger partial charge in [0.2, 0.25) is 16.9 Å². The summed E-state index contributed by atoms with van der Waals surface area (Å²) in [5, 5.41) is 12.7. The summed E-state index contributed by atoms with van der Waals surface area (Å²) < 4.78 is 14.3. The van der Waals surface area contributed by atoms with Crippen molar-refractivity contribution in [1.29, 1.82) is 0 Å². The van der Waals surface area contributed by atoms with Crippen LogP contribution in [0.5, 0.6) is 0 Å². The van der Waals surface area contributed by atoms with Gasteiger partial charge in [0.25, 0.3) is 0 Å². The summed E-state index contributed by atoms with van der Waals surface area (Å²) in [6, 6.07) is 3.68. The highest BCUT2D eigenvalue weighted by molar-refractivity contribution is 8.01. The minimum Gasteiger partial charge on any atom is -0.374 e. The molecule has 0 saturated carbocycles. The number of anilines is 2. The largest absolute Gasteiger partial charge is 0.374 e. The normalized spacial score (nSPS) is 11.8. The Bertz CT molecular complexity index is 753. The van der Waals surface area contributed by atoms with E-state index >= 15 is 0 Å². The molecule has 1 heterocycles. The predicted octanol–water partition coefficient (Wildman–Crippen LogP) is 1.80. The molecule has 2 rings (SSSR count). The van der Waals surface area contributed by atoms with E-state index in [4.69, 9.17) is 5.73 Å². The quantitative estimate of drug-likeness (QED) is 0.670. The molecule has 0 bridgehead atoms. The van der Waals surface area contributed by atoms with E-state index in [0.717, 1.165) is 5.56 Å². The van der Waals surface area contributed by atoms with Crippen molar-refractivity contribution >= 4 is 45.7 Å². The number of nitrogens with zero attached hydrogens (tertiary/aromatic N) is 2. The zero-order valence-corrected chi connectivity index (χ0v) is 14.6. The fourth-order valence-electron chi connectivity index (χ4n) is 1.72. The summed E-state index contributed by atoms with van der Waals surface area (Å²) in [4.78, 5) is 23.9. The van der Waals surface area contributed by atoms with Crippen LogP contribution in [0, 0.1) is 12.7 Å². The maximum Gasteiger partial charge on any atom is 0.246 e.